The molecule has 6 nitrogen and oxygen atoms in total. The van der Waals surface area contributed by atoms with Gasteiger partial charge in [-0.2, -0.15) is 8.42 Å². The van der Waals surface area contributed by atoms with Gasteiger partial charge in [0, 0.05) is 6.38 Å². The molecule has 0 radical (unpaired) electrons. The van der Waals surface area contributed by atoms with Gasteiger partial charge in [0.25, 0.3) is 10.1 Å². The first-order chi connectivity index (χ1) is 7.32. The highest BCUT2D eigenvalue weighted by atomic mass is 35.5. The van der Waals surface area contributed by atoms with Crippen molar-refractivity contribution in [2.75, 3.05) is 6.38 Å². The van der Waals surface area contributed by atoms with E-state index < -0.39 is 32.3 Å². The minimum Gasteiger partial charge on any atom is -0.507 e. The summed E-state index contributed by atoms with van der Waals surface area (Å²) in [4.78, 5) is 9.89. The maximum Gasteiger partial charge on any atom is 0.339 e. The van der Waals surface area contributed by atoms with Gasteiger partial charge in [-0.3, -0.25) is 4.55 Å². The quantitative estimate of drug-likeness (QED) is 0.549. The second-order valence-electron chi connectivity index (χ2n) is 2.46. The molecule has 1 rings (SSSR count). The number of aromatic carboxylic acids is 1. The van der Waals surface area contributed by atoms with Gasteiger partial charge in [-0.05, 0) is 18.2 Å². The molecule has 16 heavy (non-hydrogen) atoms. The molecule has 0 fully saturated rings. The fourth-order valence-electron chi connectivity index (χ4n) is 0.847. The van der Waals surface area contributed by atoms with Crippen LogP contribution in [-0.4, -0.2) is 35.5 Å². The first-order valence-corrected chi connectivity index (χ1v) is 5.93. The molecule has 0 spiro atoms. The molecule has 90 valence electrons. The second-order valence-corrected chi connectivity index (χ2v) is 3.88. The molecular formula is C8H9ClO6S. The lowest BCUT2D eigenvalue weighted by molar-refractivity contribution is 0.0693. The molecule has 1 aromatic carbocycles. The summed E-state index contributed by atoms with van der Waals surface area (Å²) in [7, 11) is -4.45. The molecule has 0 saturated heterocycles. The summed E-state index contributed by atoms with van der Waals surface area (Å²) in [6, 6.07) is 2.46. The Bertz CT molecular complexity index is 481. The van der Waals surface area contributed by atoms with Crippen LogP contribution in [0.5, 0.6) is 5.75 Å². The Hall–Kier alpha value is -1.31. The van der Waals surface area contributed by atoms with E-state index >= 15 is 0 Å². The highest BCUT2D eigenvalue weighted by Gasteiger charge is 2.15. The lowest BCUT2D eigenvalue weighted by Crippen LogP contribution is -2.02. The molecular weight excluding hydrogens is 260 g/mol. The smallest absolute Gasteiger partial charge is 0.339 e. The van der Waals surface area contributed by atoms with E-state index in [4.69, 9.17) is 14.8 Å². The predicted octanol–water partition coefficient (Wildman–Crippen LogP) is 1.19. The van der Waals surface area contributed by atoms with Gasteiger partial charge in [0.05, 0.1) is 4.90 Å². The Morgan fingerprint density at radius 3 is 2.19 bits per heavy atom. The van der Waals surface area contributed by atoms with E-state index in [1.165, 1.54) is 6.38 Å². The third kappa shape index (κ3) is 3.69. The van der Waals surface area contributed by atoms with Crippen LogP contribution >= 0.6 is 11.6 Å². The van der Waals surface area contributed by atoms with Crippen molar-refractivity contribution in [1.82, 2.24) is 0 Å². The van der Waals surface area contributed by atoms with E-state index in [9.17, 15) is 13.2 Å². The van der Waals surface area contributed by atoms with Crippen molar-refractivity contribution in [2.24, 2.45) is 0 Å². The summed E-state index contributed by atoms with van der Waals surface area (Å²) in [6.07, 6.45) is 1.47. The van der Waals surface area contributed by atoms with Crippen LogP contribution in [0, 0.1) is 0 Å². The Labute approximate surface area is 96.8 Å². The Morgan fingerprint density at radius 2 is 1.81 bits per heavy atom. The zero-order chi connectivity index (χ0) is 12.9. The number of aromatic hydroxyl groups is 1. The number of carboxylic acid groups (broad SMARTS) is 1. The summed E-state index contributed by atoms with van der Waals surface area (Å²) in [5.41, 5.74) is -0.583. The van der Waals surface area contributed by atoms with Gasteiger partial charge in [0.2, 0.25) is 0 Å². The van der Waals surface area contributed by atoms with E-state index in [1.54, 1.807) is 0 Å². The summed E-state index contributed by atoms with van der Waals surface area (Å²) < 4.78 is 29.8. The van der Waals surface area contributed by atoms with Crippen LogP contribution in [0.25, 0.3) is 0 Å². The predicted molar refractivity (Wildman–Crippen MR) is 56.7 cm³/mol. The molecule has 8 heteroatoms. The third-order valence-corrected chi connectivity index (χ3v) is 2.35. The van der Waals surface area contributed by atoms with Crippen LogP contribution in [0.4, 0.5) is 0 Å². The van der Waals surface area contributed by atoms with Crippen molar-refractivity contribution in [3.63, 3.8) is 0 Å². The molecule has 0 amide bonds. The van der Waals surface area contributed by atoms with E-state index in [1.807, 2.05) is 0 Å². The SMILES string of the molecule is CCl.O=C(O)c1cc(S(=O)(=O)O)ccc1O. The molecule has 0 bridgehead atoms. The maximum absolute atomic E-state index is 10.6. The number of carbonyl (C=O) groups is 1. The normalized spacial score (nSPS) is 10.2. The molecule has 0 aromatic heterocycles. The molecule has 0 unspecified atom stereocenters. The molecule has 0 heterocycles. The number of phenols is 1. The minimum atomic E-state index is -4.45. The first-order valence-electron chi connectivity index (χ1n) is 3.74. The molecule has 3 N–H and O–H groups in total. The van der Waals surface area contributed by atoms with Crippen LogP contribution < -0.4 is 0 Å². The Morgan fingerprint density at radius 1 is 1.31 bits per heavy atom. The maximum atomic E-state index is 10.6. The number of halogens is 1. The molecule has 0 saturated carbocycles. The number of carboxylic acids is 1. The van der Waals surface area contributed by atoms with Crippen molar-refractivity contribution in [3.05, 3.63) is 23.8 Å². The highest BCUT2D eigenvalue weighted by molar-refractivity contribution is 7.85. The third-order valence-electron chi connectivity index (χ3n) is 1.50. The van der Waals surface area contributed by atoms with Crippen molar-refractivity contribution >= 4 is 27.7 Å². The monoisotopic (exact) mass is 268 g/mol. The highest BCUT2D eigenvalue weighted by Crippen LogP contribution is 2.20. The van der Waals surface area contributed by atoms with Crippen molar-refractivity contribution < 1.29 is 28.0 Å². The van der Waals surface area contributed by atoms with Crippen molar-refractivity contribution in [2.45, 2.75) is 4.90 Å². The topological polar surface area (TPSA) is 112 Å². The fraction of sp³-hybridized carbons (Fsp3) is 0.125. The zero-order valence-corrected chi connectivity index (χ0v) is 9.66. The van der Waals surface area contributed by atoms with Gasteiger partial charge in [0.1, 0.15) is 11.3 Å². The standard InChI is InChI=1S/C7H6O6S.CH3Cl/c8-6-2-1-4(14(11,12)13)3-5(6)7(9)10;1-2/h1-3,8H,(H,9,10)(H,11,12,13);1H3. The summed E-state index contributed by atoms with van der Waals surface area (Å²) >= 11 is 4.64. The fourth-order valence-corrected chi connectivity index (χ4v) is 1.35. The van der Waals surface area contributed by atoms with Gasteiger partial charge in [0.15, 0.2) is 0 Å². The largest absolute Gasteiger partial charge is 0.507 e. The van der Waals surface area contributed by atoms with Crippen molar-refractivity contribution in [1.29, 1.82) is 0 Å². The number of benzene rings is 1. The molecule has 0 aliphatic rings. The number of rotatable bonds is 2. The molecule has 0 atom stereocenters. The van der Waals surface area contributed by atoms with Crippen LogP contribution in [0.15, 0.2) is 23.1 Å². The van der Waals surface area contributed by atoms with E-state index in [-0.39, 0.29) is 0 Å². The zero-order valence-electron chi connectivity index (χ0n) is 8.08. The minimum absolute atomic E-state index is 0.565. The van der Waals surface area contributed by atoms with Gasteiger partial charge in [-0.15, -0.1) is 11.6 Å². The second kappa shape index (κ2) is 5.69. The van der Waals surface area contributed by atoms with Gasteiger partial charge in [-0.1, -0.05) is 0 Å². The van der Waals surface area contributed by atoms with Crippen LogP contribution in [0.2, 0.25) is 0 Å². The van der Waals surface area contributed by atoms with E-state index in [2.05, 4.69) is 11.6 Å². The van der Waals surface area contributed by atoms with Gasteiger partial charge < -0.3 is 10.2 Å². The summed E-state index contributed by atoms with van der Waals surface area (Å²) in [6.45, 7) is 0. The number of hydrogen-bond donors (Lipinski definition) is 3. The number of alkyl halides is 1. The Balaban J connectivity index is 0.00000106. The molecule has 0 aliphatic heterocycles. The van der Waals surface area contributed by atoms with Crippen LogP contribution in [-0.2, 0) is 10.1 Å². The molecule has 0 aliphatic carbocycles. The average Bonchev–Trinajstić information content (AvgIpc) is 2.19. The number of hydrogen-bond acceptors (Lipinski definition) is 4. The molecule has 1 aromatic rings. The van der Waals surface area contributed by atoms with Crippen molar-refractivity contribution in [3.8, 4) is 5.75 Å². The van der Waals surface area contributed by atoms with E-state index in [0.717, 1.165) is 12.1 Å². The van der Waals surface area contributed by atoms with Gasteiger partial charge >= 0.3 is 5.97 Å². The van der Waals surface area contributed by atoms with Gasteiger partial charge in [-0.25, -0.2) is 4.79 Å². The van der Waals surface area contributed by atoms with Crippen LogP contribution in [0.3, 0.4) is 0 Å². The lowest BCUT2D eigenvalue weighted by atomic mass is 10.2. The summed E-state index contributed by atoms with van der Waals surface area (Å²) in [5, 5.41) is 17.5. The summed E-state index contributed by atoms with van der Waals surface area (Å²) in [5.74, 6) is -2.04. The van der Waals surface area contributed by atoms with Crippen LogP contribution in [0.1, 0.15) is 10.4 Å². The first kappa shape index (κ1) is 14.7. The van der Waals surface area contributed by atoms with E-state index in [0.29, 0.717) is 6.07 Å². The Kier molecular flexibility index (Phi) is 5.22. The average molecular weight is 269 g/mol. The lowest BCUT2D eigenvalue weighted by Gasteiger charge is -2.01.